The lowest BCUT2D eigenvalue weighted by molar-refractivity contribution is -0.121. The summed E-state index contributed by atoms with van der Waals surface area (Å²) < 4.78 is 29.2. The number of carbonyl (C=O) groups is 1. The Hall–Kier alpha value is -2.47. The molecule has 0 fully saturated rings. The quantitative estimate of drug-likeness (QED) is 0.767. The van der Waals surface area contributed by atoms with Gasteiger partial charge >= 0.3 is 6.61 Å². The molecule has 2 rings (SSSR count). The predicted octanol–water partition coefficient (Wildman–Crippen LogP) is 3.46. The first-order valence-electron chi connectivity index (χ1n) is 8.00. The van der Waals surface area contributed by atoms with Crippen molar-refractivity contribution in [3.05, 3.63) is 65.7 Å². The van der Waals surface area contributed by atoms with Gasteiger partial charge in [0.1, 0.15) is 5.75 Å². The molecule has 2 unspecified atom stereocenters. The maximum absolute atomic E-state index is 12.4. The number of hydrogen-bond donors (Lipinski definition) is 2. The highest BCUT2D eigenvalue weighted by atomic mass is 19.3. The van der Waals surface area contributed by atoms with Crippen molar-refractivity contribution in [1.29, 1.82) is 0 Å². The van der Waals surface area contributed by atoms with Gasteiger partial charge < -0.3 is 15.2 Å². The molecule has 0 bridgehead atoms. The van der Waals surface area contributed by atoms with Crippen molar-refractivity contribution in [3.63, 3.8) is 0 Å². The lowest BCUT2D eigenvalue weighted by Gasteiger charge is -2.18. The van der Waals surface area contributed by atoms with Crippen molar-refractivity contribution in [1.82, 2.24) is 5.32 Å². The SMILES string of the molecule is CC(CC(O)c1ccccc1)NC(=O)Cc1ccccc1OC(F)F. The molecule has 0 aliphatic rings. The predicted molar refractivity (Wildman–Crippen MR) is 90.4 cm³/mol. The summed E-state index contributed by atoms with van der Waals surface area (Å²) in [6, 6.07) is 15.1. The van der Waals surface area contributed by atoms with Gasteiger partial charge in [0.2, 0.25) is 5.91 Å². The summed E-state index contributed by atoms with van der Waals surface area (Å²) in [5, 5.41) is 12.9. The highest BCUT2D eigenvalue weighted by molar-refractivity contribution is 5.79. The minimum Gasteiger partial charge on any atom is -0.435 e. The summed E-state index contributed by atoms with van der Waals surface area (Å²) in [6.07, 6.45) is -0.412. The van der Waals surface area contributed by atoms with Crippen molar-refractivity contribution in [2.24, 2.45) is 0 Å². The van der Waals surface area contributed by atoms with Crippen LogP contribution in [-0.2, 0) is 11.2 Å². The molecule has 2 aromatic rings. The summed E-state index contributed by atoms with van der Waals surface area (Å²) in [5.41, 5.74) is 1.16. The first-order chi connectivity index (χ1) is 12.0. The molecule has 0 spiro atoms. The highest BCUT2D eigenvalue weighted by Crippen LogP contribution is 2.21. The largest absolute Gasteiger partial charge is 0.435 e. The lowest BCUT2D eigenvalue weighted by Crippen LogP contribution is -2.34. The third-order valence-electron chi connectivity index (χ3n) is 3.71. The van der Waals surface area contributed by atoms with Crippen molar-refractivity contribution >= 4 is 5.91 Å². The molecular weight excluding hydrogens is 328 g/mol. The molecule has 134 valence electrons. The summed E-state index contributed by atoms with van der Waals surface area (Å²) in [5.74, 6) is -0.331. The normalized spacial score (nSPS) is 13.3. The number of nitrogens with one attached hydrogen (secondary N) is 1. The molecule has 0 heterocycles. The number of hydrogen-bond acceptors (Lipinski definition) is 3. The van der Waals surface area contributed by atoms with Gasteiger partial charge in [-0.1, -0.05) is 48.5 Å². The first-order valence-corrected chi connectivity index (χ1v) is 8.00. The van der Waals surface area contributed by atoms with E-state index in [-0.39, 0.29) is 24.1 Å². The molecule has 1 amide bonds. The zero-order valence-electron chi connectivity index (χ0n) is 13.9. The standard InChI is InChI=1S/C19H21F2NO3/c1-13(11-16(23)14-7-3-2-4-8-14)22-18(24)12-15-9-5-6-10-17(15)25-19(20)21/h2-10,13,16,19,23H,11-12H2,1H3,(H,22,24). The van der Waals surface area contributed by atoms with E-state index in [1.165, 1.54) is 6.07 Å². The third kappa shape index (κ3) is 6.15. The molecule has 2 aromatic carbocycles. The second-order valence-electron chi connectivity index (χ2n) is 5.79. The number of amides is 1. The zero-order chi connectivity index (χ0) is 18.2. The van der Waals surface area contributed by atoms with Gasteiger partial charge in [-0.2, -0.15) is 8.78 Å². The topological polar surface area (TPSA) is 58.6 Å². The molecule has 0 aromatic heterocycles. The summed E-state index contributed by atoms with van der Waals surface area (Å²) >= 11 is 0. The van der Waals surface area contributed by atoms with Crippen molar-refractivity contribution in [2.45, 2.75) is 38.5 Å². The van der Waals surface area contributed by atoms with Crippen LogP contribution in [0.2, 0.25) is 0 Å². The number of rotatable bonds is 8. The van der Waals surface area contributed by atoms with Crippen LogP contribution in [-0.4, -0.2) is 23.7 Å². The van der Waals surface area contributed by atoms with Crippen LogP contribution >= 0.6 is 0 Å². The lowest BCUT2D eigenvalue weighted by atomic mass is 10.0. The van der Waals surface area contributed by atoms with Crippen molar-refractivity contribution in [2.75, 3.05) is 0 Å². The summed E-state index contributed by atoms with van der Waals surface area (Å²) in [4.78, 5) is 12.1. The highest BCUT2D eigenvalue weighted by Gasteiger charge is 2.16. The van der Waals surface area contributed by atoms with Gasteiger partial charge in [-0.25, -0.2) is 0 Å². The molecule has 25 heavy (non-hydrogen) atoms. The number of para-hydroxylation sites is 1. The molecule has 0 aliphatic carbocycles. The third-order valence-corrected chi connectivity index (χ3v) is 3.71. The fraction of sp³-hybridized carbons (Fsp3) is 0.316. The second kappa shape index (κ2) is 9.13. The number of aliphatic hydroxyl groups is 1. The van der Waals surface area contributed by atoms with Gasteiger partial charge in [0.15, 0.2) is 0 Å². The van der Waals surface area contributed by atoms with E-state index >= 15 is 0 Å². The Bertz CT molecular complexity index is 679. The molecule has 0 aliphatic heterocycles. The zero-order valence-corrected chi connectivity index (χ0v) is 13.9. The van der Waals surface area contributed by atoms with Crippen LogP contribution in [0.5, 0.6) is 5.75 Å². The smallest absolute Gasteiger partial charge is 0.387 e. The number of alkyl halides is 2. The maximum atomic E-state index is 12.4. The number of halogens is 2. The van der Waals surface area contributed by atoms with Crippen LogP contribution in [0.3, 0.4) is 0 Å². The molecule has 4 nitrogen and oxygen atoms in total. The van der Waals surface area contributed by atoms with Gasteiger partial charge in [0, 0.05) is 11.6 Å². The Balaban J connectivity index is 1.90. The molecular formula is C19H21F2NO3. The first kappa shape index (κ1) is 18.9. The summed E-state index contributed by atoms with van der Waals surface area (Å²) in [7, 11) is 0. The number of ether oxygens (including phenoxy) is 1. The summed E-state index contributed by atoms with van der Waals surface area (Å²) in [6.45, 7) is -1.16. The van der Waals surface area contributed by atoms with Crippen LogP contribution in [0.15, 0.2) is 54.6 Å². The van der Waals surface area contributed by atoms with E-state index in [4.69, 9.17) is 0 Å². The Kier molecular flexibility index (Phi) is 6.89. The minimum absolute atomic E-state index is 0.00961. The fourth-order valence-electron chi connectivity index (χ4n) is 2.56. The Morgan fingerprint density at radius 2 is 1.76 bits per heavy atom. The van der Waals surface area contributed by atoms with E-state index in [9.17, 15) is 18.7 Å². The van der Waals surface area contributed by atoms with Crippen LogP contribution in [0.1, 0.15) is 30.6 Å². The van der Waals surface area contributed by atoms with E-state index < -0.39 is 12.7 Å². The fourth-order valence-corrected chi connectivity index (χ4v) is 2.56. The second-order valence-corrected chi connectivity index (χ2v) is 5.79. The van der Waals surface area contributed by atoms with E-state index in [0.29, 0.717) is 12.0 Å². The average molecular weight is 349 g/mol. The van der Waals surface area contributed by atoms with E-state index in [2.05, 4.69) is 10.1 Å². The maximum Gasteiger partial charge on any atom is 0.387 e. The monoisotopic (exact) mass is 349 g/mol. The number of aliphatic hydroxyl groups excluding tert-OH is 1. The Labute approximate surface area is 145 Å². The minimum atomic E-state index is -2.94. The van der Waals surface area contributed by atoms with E-state index in [0.717, 1.165) is 5.56 Å². The van der Waals surface area contributed by atoms with Crippen molar-refractivity contribution < 1.29 is 23.4 Å². The Morgan fingerprint density at radius 1 is 1.12 bits per heavy atom. The number of benzene rings is 2. The van der Waals surface area contributed by atoms with Gasteiger partial charge in [-0.05, 0) is 25.0 Å². The molecule has 0 saturated heterocycles. The van der Waals surface area contributed by atoms with Gasteiger partial charge in [0.05, 0.1) is 12.5 Å². The average Bonchev–Trinajstić information content (AvgIpc) is 2.56. The van der Waals surface area contributed by atoms with Crippen LogP contribution in [0.25, 0.3) is 0 Å². The van der Waals surface area contributed by atoms with Gasteiger partial charge in [-0.3, -0.25) is 4.79 Å². The Morgan fingerprint density at radius 3 is 2.44 bits per heavy atom. The molecule has 2 N–H and O–H groups in total. The van der Waals surface area contributed by atoms with Crippen LogP contribution in [0.4, 0.5) is 8.78 Å². The van der Waals surface area contributed by atoms with E-state index in [1.54, 1.807) is 25.1 Å². The van der Waals surface area contributed by atoms with Gasteiger partial charge in [0.25, 0.3) is 0 Å². The van der Waals surface area contributed by atoms with Crippen LogP contribution < -0.4 is 10.1 Å². The van der Waals surface area contributed by atoms with Crippen LogP contribution in [0, 0.1) is 0 Å². The van der Waals surface area contributed by atoms with E-state index in [1.807, 2.05) is 30.3 Å². The van der Waals surface area contributed by atoms with Gasteiger partial charge in [-0.15, -0.1) is 0 Å². The number of carbonyl (C=O) groups excluding carboxylic acids is 1. The molecule has 0 saturated carbocycles. The van der Waals surface area contributed by atoms with Crippen molar-refractivity contribution in [3.8, 4) is 5.75 Å². The molecule has 6 heteroatoms. The molecule has 2 atom stereocenters. The molecule has 0 radical (unpaired) electrons.